The second kappa shape index (κ2) is 27.4. The zero-order chi connectivity index (χ0) is 61.0. The van der Waals surface area contributed by atoms with Crippen LogP contribution in [0.15, 0.2) is 47.6 Å². The molecule has 7 aliphatic rings. The second-order valence-electron chi connectivity index (χ2n) is 27.5. The number of ether oxygens (including phenoxy) is 7. The van der Waals surface area contributed by atoms with Crippen molar-refractivity contribution in [2.45, 2.75) is 227 Å². The minimum atomic E-state index is -2.47. The van der Waals surface area contributed by atoms with Gasteiger partial charge in [0.1, 0.15) is 29.4 Å². The van der Waals surface area contributed by atoms with Gasteiger partial charge in [-0.15, -0.1) is 0 Å². The minimum absolute atomic E-state index is 0.00321. The molecular formula is C66H101NO16. The van der Waals surface area contributed by atoms with Gasteiger partial charge in [0.05, 0.1) is 50.2 Å². The summed E-state index contributed by atoms with van der Waals surface area (Å²) < 4.78 is 44.0. The standard InChI is InChI=1S/C66H101NO16/c1-39-19-15-14-16-20-40(2)53(77-12)33-48-24-22-45(7)66(76,83-48)58(72)59(73)67-28-18-17-21-50(67)60(74)81-54(34-51(69)41(3)30-44(6)57(71)49(36-68)56(70)43(5)29-39)42(4)31-46-23-25-52(55(32-46)78-13)82-61(75)63(10)37-79-65(80-38-63)35-47-26-27-64(65,11)62(47,8)9/h14-16,19-20,30,39,42-50,52-55,57,68,71,76H,17-18,21-29,31-38H2,1-13H3/b16-14?,19-15?,40-20?,41-30+/t39-,42-,43-,44?,45-,46+,47?,48+,49+,50+,52-,53+,54+,55-,57-,63?,64?,65?,66-/m1/s1. The number of nitrogens with zero attached hydrogens (tertiary/aromatic N) is 1. The summed E-state index contributed by atoms with van der Waals surface area (Å²) in [4.78, 5) is 87.2. The number of rotatable bonds is 8. The van der Waals surface area contributed by atoms with E-state index in [0.717, 1.165) is 24.8 Å². The zero-order valence-corrected chi connectivity index (χ0v) is 52.2. The van der Waals surface area contributed by atoms with Crippen molar-refractivity contribution in [2.24, 2.45) is 63.6 Å². The number of carbonyl (C=O) groups is 6. The van der Waals surface area contributed by atoms with Gasteiger partial charge in [-0.05, 0) is 138 Å². The molecule has 83 heavy (non-hydrogen) atoms. The number of ketones is 3. The Hall–Kier alpha value is -3.94. The minimum Gasteiger partial charge on any atom is -0.460 e. The number of aliphatic hydroxyl groups is 3. The predicted molar refractivity (Wildman–Crippen MR) is 311 cm³/mol. The second-order valence-corrected chi connectivity index (χ2v) is 27.5. The number of cyclic esters (lactones) is 1. The van der Waals surface area contributed by atoms with Gasteiger partial charge in [-0.2, -0.15) is 0 Å². The summed E-state index contributed by atoms with van der Waals surface area (Å²) in [6.45, 7) is 21.1. The van der Waals surface area contributed by atoms with Crippen LogP contribution >= 0.6 is 0 Å². The first-order chi connectivity index (χ1) is 39.1. The molecule has 1 spiro atoms. The summed E-state index contributed by atoms with van der Waals surface area (Å²) in [5.74, 6) is -10.3. The Kier molecular flexibility index (Phi) is 22.0. The molecule has 0 aromatic rings. The van der Waals surface area contributed by atoms with Crippen LogP contribution in [0.2, 0.25) is 0 Å². The average Bonchev–Trinajstić information content (AvgIpc) is 1.65. The van der Waals surface area contributed by atoms with E-state index in [2.05, 4.69) is 20.8 Å². The highest BCUT2D eigenvalue weighted by Gasteiger charge is 2.72. The lowest BCUT2D eigenvalue weighted by atomic mass is 9.68. The highest BCUT2D eigenvalue weighted by atomic mass is 16.7. The van der Waals surface area contributed by atoms with Gasteiger partial charge in [0, 0.05) is 63.2 Å². The van der Waals surface area contributed by atoms with Crippen molar-refractivity contribution < 1.29 is 77.2 Å². The van der Waals surface area contributed by atoms with Crippen molar-refractivity contribution in [3.8, 4) is 0 Å². The molecule has 4 bridgehead atoms. The number of methoxy groups -OCH3 is 2. The highest BCUT2D eigenvalue weighted by molar-refractivity contribution is 6.39. The van der Waals surface area contributed by atoms with Crippen LogP contribution in [0.25, 0.3) is 0 Å². The van der Waals surface area contributed by atoms with Crippen molar-refractivity contribution in [3.63, 3.8) is 0 Å². The molecule has 3 aliphatic carbocycles. The topological polar surface area (TPSA) is 231 Å². The van der Waals surface area contributed by atoms with Gasteiger partial charge in [-0.3, -0.25) is 24.0 Å². The molecule has 7 rings (SSSR count). The summed E-state index contributed by atoms with van der Waals surface area (Å²) in [6, 6.07) is -1.20. The Bertz CT molecular complexity index is 2450. The summed E-state index contributed by atoms with van der Waals surface area (Å²) in [5, 5.41) is 34.2. The number of piperidine rings is 1. The van der Waals surface area contributed by atoms with Crippen LogP contribution < -0.4 is 0 Å². The van der Waals surface area contributed by atoms with E-state index in [1.54, 1.807) is 48.0 Å². The van der Waals surface area contributed by atoms with E-state index in [0.29, 0.717) is 70.1 Å². The van der Waals surface area contributed by atoms with Crippen LogP contribution in [-0.2, 0) is 61.9 Å². The number of hydrogen-bond donors (Lipinski definition) is 3. The number of esters is 2. The molecule has 4 heterocycles. The van der Waals surface area contributed by atoms with Crippen LogP contribution in [0.1, 0.15) is 172 Å². The number of amides is 1. The first kappa shape index (κ1) is 66.6. The third-order valence-corrected chi connectivity index (χ3v) is 21.4. The lowest BCUT2D eigenvalue weighted by Gasteiger charge is -2.52. The fourth-order valence-corrected chi connectivity index (χ4v) is 15.0. The van der Waals surface area contributed by atoms with Crippen LogP contribution in [-0.4, -0.2) is 150 Å². The van der Waals surface area contributed by atoms with Gasteiger partial charge in [-0.25, -0.2) is 4.79 Å². The SMILES string of the molecule is CO[C@H]1C[C@@H]2CC[C@@H](C)[C@@](O)(O2)C(=O)C(=O)N2CCCC[C@H]2C(=O)O[C@H]([C@H](C)C[C@@H]2CC[C@@H](OC(=O)C3(C)COC4(CC5CCC4(C)C5(C)C)OC3)[C@H](OC)C2)CC(=O)/C(C)=C/C(C)[C@@H](O)[C@@H](CO)C(=O)[C@H](C)C[C@H](C)C=CC=CC=C1C. The quantitative estimate of drug-likeness (QED) is 0.152. The highest BCUT2D eigenvalue weighted by Crippen LogP contribution is 2.72. The molecule has 0 radical (unpaired) electrons. The van der Waals surface area contributed by atoms with E-state index in [1.807, 2.05) is 58.1 Å². The molecule has 0 aromatic heterocycles. The Morgan fingerprint density at radius 2 is 1.57 bits per heavy atom. The normalized spacial score (nSPS) is 42.1. The molecule has 466 valence electrons. The predicted octanol–water partition coefficient (Wildman–Crippen LogP) is 8.92. The van der Waals surface area contributed by atoms with E-state index in [4.69, 9.17) is 33.2 Å². The van der Waals surface area contributed by atoms with E-state index < -0.39 is 119 Å². The van der Waals surface area contributed by atoms with Crippen molar-refractivity contribution >= 4 is 35.2 Å². The van der Waals surface area contributed by atoms with Crippen LogP contribution in [0.4, 0.5) is 0 Å². The van der Waals surface area contributed by atoms with Crippen LogP contribution in [0, 0.1) is 63.6 Å². The molecule has 3 saturated heterocycles. The van der Waals surface area contributed by atoms with E-state index >= 15 is 0 Å². The Labute approximate surface area is 494 Å². The molecule has 17 nitrogen and oxygen atoms in total. The molecule has 17 atom stereocenters. The van der Waals surface area contributed by atoms with Gasteiger partial charge in [0.25, 0.3) is 11.7 Å². The van der Waals surface area contributed by atoms with Crippen molar-refractivity contribution in [1.82, 2.24) is 4.90 Å². The van der Waals surface area contributed by atoms with Crippen molar-refractivity contribution in [3.05, 3.63) is 47.6 Å². The number of Topliss-reactive ketones (excluding diaryl/α,β-unsaturated/α-hetero) is 3. The number of allylic oxidation sites excluding steroid dienone is 6. The maximum atomic E-state index is 14.7. The molecule has 1 amide bonds. The van der Waals surface area contributed by atoms with E-state index in [-0.39, 0.29) is 72.4 Å². The number of fused-ring (bicyclic) bond motifs is 6. The Morgan fingerprint density at radius 3 is 2.20 bits per heavy atom. The summed E-state index contributed by atoms with van der Waals surface area (Å²) in [6.07, 6.45) is 14.4. The van der Waals surface area contributed by atoms with Crippen molar-refractivity contribution in [2.75, 3.05) is 40.6 Å². The maximum absolute atomic E-state index is 14.7. The number of carbonyl (C=O) groups excluding carboxylic acids is 6. The fraction of sp³-hybridized carbons (Fsp3) is 0.788. The first-order valence-electron chi connectivity index (χ1n) is 31.2. The molecule has 4 aliphatic heterocycles. The first-order valence-corrected chi connectivity index (χ1v) is 31.2. The monoisotopic (exact) mass is 1160 g/mol. The van der Waals surface area contributed by atoms with Gasteiger partial charge in [0.15, 0.2) is 11.6 Å². The fourth-order valence-electron chi connectivity index (χ4n) is 15.0. The molecule has 3 N–H and O–H groups in total. The lowest BCUT2D eigenvalue weighted by Crippen LogP contribution is -2.61. The summed E-state index contributed by atoms with van der Waals surface area (Å²) >= 11 is 0. The molecule has 3 saturated carbocycles. The van der Waals surface area contributed by atoms with Crippen LogP contribution in [0.5, 0.6) is 0 Å². The average molecular weight is 1160 g/mol. The van der Waals surface area contributed by atoms with Gasteiger partial charge in [0.2, 0.25) is 5.79 Å². The Balaban J connectivity index is 1.10. The summed E-state index contributed by atoms with van der Waals surface area (Å²) in [7, 11) is 3.16. The lowest BCUT2D eigenvalue weighted by molar-refractivity contribution is -0.346. The number of hydrogen-bond acceptors (Lipinski definition) is 16. The Morgan fingerprint density at radius 1 is 0.855 bits per heavy atom. The molecular weight excluding hydrogens is 1060 g/mol. The maximum Gasteiger partial charge on any atom is 0.329 e. The summed E-state index contributed by atoms with van der Waals surface area (Å²) in [5.41, 5.74) is -0.000591. The third kappa shape index (κ3) is 14.1. The number of aliphatic hydroxyl groups excluding tert-OH is 2. The molecule has 0 aromatic carbocycles. The molecule has 6 fully saturated rings. The van der Waals surface area contributed by atoms with Crippen LogP contribution in [0.3, 0.4) is 0 Å². The van der Waals surface area contributed by atoms with Gasteiger partial charge >= 0.3 is 11.9 Å². The third-order valence-electron chi connectivity index (χ3n) is 21.4. The largest absolute Gasteiger partial charge is 0.460 e. The van der Waals surface area contributed by atoms with E-state index in [9.17, 15) is 44.1 Å². The van der Waals surface area contributed by atoms with Gasteiger partial charge < -0.3 is 53.4 Å². The van der Waals surface area contributed by atoms with Gasteiger partial charge in [-0.1, -0.05) is 91.8 Å². The molecule has 3 unspecified atom stereocenters. The zero-order valence-electron chi connectivity index (χ0n) is 52.2. The van der Waals surface area contributed by atoms with Crippen molar-refractivity contribution in [1.29, 1.82) is 0 Å². The van der Waals surface area contributed by atoms with E-state index in [1.165, 1.54) is 4.90 Å². The smallest absolute Gasteiger partial charge is 0.329 e. The molecule has 17 heteroatoms.